The van der Waals surface area contributed by atoms with Crippen LogP contribution in [-0.2, 0) is 4.79 Å². The van der Waals surface area contributed by atoms with Gasteiger partial charge in [0.2, 0.25) is 5.91 Å². The van der Waals surface area contributed by atoms with Crippen LogP contribution in [0.1, 0.15) is 39.3 Å². The largest absolute Gasteiger partial charge is 0.350 e. The normalized spacial score (nSPS) is 13.2. The fourth-order valence-corrected chi connectivity index (χ4v) is 1.65. The molecule has 0 heterocycles. The van der Waals surface area contributed by atoms with Crippen LogP contribution in [0.25, 0.3) is 0 Å². The van der Waals surface area contributed by atoms with E-state index in [-0.39, 0.29) is 24.0 Å². The van der Waals surface area contributed by atoms with Crippen molar-refractivity contribution in [2.24, 2.45) is 0 Å². The summed E-state index contributed by atoms with van der Waals surface area (Å²) in [4.78, 5) is 11.6. The fraction of sp³-hybridized carbons (Fsp3) is 0.500. The third kappa shape index (κ3) is 5.79. The smallest absolute Gasteiger partial charge is 0.234 e. The molecule has 0 aliphatic rings. The van der Waals surface area contributed by atoms with E-state index in [4.69, 9.17) is 0 Å². The van der Waals surface area contributed by atoms with Crippen molar-refractivity contribution < 1.29 is 13.6 Å². The molecule has 1 aromatic carbocycles. The molecule has 0 spiro atoms. The standard InChI is InChI=1S/C14H20F2N2O/c1-9(10-5-11(15)7-12(16)6-10)17-8-13(19)18-14(2,3)4/h5-7,9,17H,8H2,1-4H3,(H,18,19). The first-order valence-electron chi connectivity index (χ1n) is 6.18. The molecule has 1 unspecified atom stereocenters. The molecule has 1 amide bonds. The highest BCUT2D eigenvalue weighted by Gasteiger charge is 2.15. The molecule has 1 atom stereocenters. The number of halogens is 2. The highest BCUT2D eigenvalue weighted by atomic mass is 19.1. The van der Waals surface area contributed by atoms with E-state index in [9.17, 15) is 13.6 Å². The lowest BCUT2D eigenvalue weighted by Gasteiger charge is -2.21. The van der Waals surface area contributed by atoms with Crippen molar-refractivity contribution in [1.29, 1.82) is 0 Å². The molecule has 0 fully saturated rings. The van der Waals surface area contributed by atoms with Crippen LogP contribution in [0.5, 0.6) is 0 Å². The summed E-state index contributed by atoms with van der Waals surface area (Å²) >= 11 is 0. The first-order chi connectivity index (χ1) is 8.67. The minimum Gasteiger partial charge on any atom is -0.350 e. The average molecular weight is 270 g/mol. The minimum absolute atomic E-state index is 0.0938. The summed E-state index contributed by atoms with van der Waals surface area (Å²) in [5.74, 6) is -1.40. The van der Waals surface area contributed by atoms with Gasteiger partial charge in [0.25, 0.3) is 0 Å². The summed E-state index contributed by atoms with van der Waals surface area (Å²) < 4.78 is 26.1. The van der Waals surface area contributed by atoms with Crippen LogP contribution in [0.15, 0.2) is 18.2 Å². The number of hydrogen-bond acceptors (Lipinski definition) is 2. The van der Waals surface area contributed by atoms with E-state index in [0.717, 1.165) is 6.07 Å². The van der Waals surface area contributed by atoms with Gasteiger partial charge in [0.05, 0.1) is 6.54 Å². The summed E-state index contributed by atoms with van der Waals surface area (Å²) in [5, 5.41) is 5.73. The Balaban J connectivity index is 2.56. The van der Waals surface area contributed by atoms with E-state index >= 15 is 0 Å². The van der Waals surface area contributed by atoms with Crippen molar-refractivity contribution in [3.05, 3.63) is 35.4 Å². The first kappa shape index (κ1) is 15.6. The van der Waals surface area contributed by atoms with Gasteiger partial charge in [-0.2, -0.15) is 0 Å². The van der Waals surface area contributed by atoms with Crippen LogP contribution >= 0.6 is 0 Å². The van der Waals surface area contributed by atoms with Crippen LogP contribution in [0.4, 0.5) is 8.78 Å². The predicted molar refractivity (Wildman–Crippen MR) is 70.7 cm³/mol. The summed E-state index contributed by atoms with van der Waals surface area (Å²) in [6, 6.07) is 3.02. The molecule has 2 N–H and O–H groups in total. The van der Waals surface area contributed by atoms with E-state index in [2.05, 4.69) is 10.6 Å². The Kier molecular flexibility index (Phi) is 5.00. The molecule has 19 heavy (non-hydrogen) atoms. The maximum Gasteiger partial charge on any atom is 0.234 e. The highest BCUT2D eigenvalue weighted by Crippen LogP contribution is 2.15. The Morgan fingerprint density at radius 1 is 1.21 bits per heavy atom. The molecule has 5 heteroatoms. The van der Waals surface area contributed by atoms with Gasteiger partial charge in [0.15, 0.2) is 0 Å². The molecular formula is C14H20F2N2O. The summed E-state index contributed by atoms with van der Waals surface area (Å²) in [7, 11) is 0. The zero-order valence-corrected chi connectivity index (χ0v) is 11.7. The van der Waals surface area contributed by atoms with Crippen LogP contribution in [0, 0.1) is 11.6 Å². The molecule has 0 aliphatic carbocycles. The molecule has 3 nitrogen and oxygen atoms in total. The second kappa shape index (κ2) is 6.10. The van der Waals surface area contributed by atoms with Crippen molar-refractivity contribution in [3.8, 4) is 0 Å². The van der Waals surface area contributed by atoms with Crippen LogP contribution in [-0.4, -0.2) is 18.0 Å². The van der Waals surface area contributed by atoms with Gasteiger partial charge in [-0.25, -0.2) is 8.78 Å². The Bertz CT molecular complexity index is 435. The van der Waals surface area contributed by atoms with Crippen molar-refractivity contribution >= 4 is 5.91 Å². The second-order valence-electron chi connectivity index (χ2n) is 5.60. The lowest BCUT2D eigenvalue weighted by atomic mass is 10.1. The van der Waals surface area contributed by atoms with Crippen LogP contribution < -0.4 is 10.6 Å². The van der Waals surface area contributed by atoms with Crippen molar-refractivity contribution in [2.45, 2.75) is 39.3 Å². The van der Waals surface area contributed by atoms with Gasteiger partial charge < -0.3 is 10.6 Å². The third-order valence-corrected chi connectivity index (χ3v) is 2.47. The molecule has 0 bridgehead atoms. The van der Waals surface area contributed by atoms with Gasteiger partial charge in [-0.05, 0) is 45.4 Å². The van der Waals surface area contributed by atoms with E-state index in [1.807, 2.05) is 20.8 Å². The van der Waals surface area contributed by atoms with Crippen molar-refractivity contribution in [1.82, 2.24) is 10.6 Å². The molecule has 0 aliphatic heterocycles. The maximum atomic E-state index is 13.1. The lowest BCUT2D eigenvalue weighted by molar-refractivity contribution is -0.121. The number of benzene rings is 1. The zero-order valence-electron chi connectivity index (χ0n) is 11.7. The molecule has 106 valence electrons. The number of nitrogens with one attached hydrogen (secondary N) is 2. The highest BCUT2D eigenvalue weighted by molar-refractivity contribution is 5.78. The van der Waals surface area contributed by atoms with Crippen molar-refractivity contribution in [3.63, 3.8) is 0 Å². The van der Waals surface area contributed by atoms with Gasteiger partial charge in [0, 0.05) is 17.6 Å². The Labute approximate surface area is 112 Å². The number of carbonyl (C=O) groups excluding carboxylic acids is 1. The molecule has 0 aromatic heterocycles. The van der Waals surface area contributed by atoms with E-state index in [1.165, 1.54) is 12.1 Å². The number of hydrogen-bond donors (Lipinski definition) is 2. The number of amides is 1. The van der Waals surface area contributed by atoms with Gasteiger partial charge in [-0.3, -0.25) is 4.79 Å². The van der Waals surface area contributed by atoms with E-state index in [1.54, 1.807) is 6.92 Å². The van der Waals surface area contributed by atoms with Gasteiger partial charge in [-0.15, -0.1) is 0 Å². The lowest BCUT2D eigenvalue weighted by Crippen LogP contribution is -2.45. The SMILES string of the molecule is CC(NCC(=O)NC(C)(C)C)c1cc(F)cc(F)c1. The predicted octanol–water partition coefficient (Wildman–Crippen LogP) is 2.53. The Morgan fingerprint density at radius 3 is 2.21 bits per heavy atom. The van der Waals surface area contributed by atoms with Crippen molar-refractivity contribution in [2.75, 3.05) is 6.54 Å². The molecule has 0 saturated heterocycles. The first-order valence-corrected chi connectivity index (χ1v) is 6.18. The van der Waals surface area contributed by atoms with Gasteiger partial charge in [0.1, 0.15) is 11.6 Å². The van der Waals surface area contributed by atoms with Crippen LogP contribution in [0.3, 0.4) is 0 Å². The third-order valence-electron chi connectivity index (χ3n) is 2.47. The topological polar surface area (TPSA) is 41.1 Å². The maximum absolute atomic E-state index is 13.1. The zero-order chi connectivity index (χ0) is 14.6. The van der Waals surface area contributed by atoms with E-state index in [0.29, 0.717) is 5.56 Å². The van der Waals surface area contributed by atoms with Crippen LogP contribution in [0.2, 0.25) is 0 Å². The summed E-state index contributed by atoms with van der Waals surface area (Å²) in [5.41, 5.74) is 0.175. The fourth-order valence-electron chi connectivity index (χ4n) is 1.65. The molecular weight excluding hydrogens is 250 g/mol. The molecule has 1 aromatic rings. The molecule has 0 saturated carbocycles. The Morgan fingerprint density at radius 2 is 1.74 bits per heavy atom. The average Bonchev–Trinajstić information content (AvgIpc) is 2.22. The van der Waals surface area contributed by atoms with Gasteiger partial charge in [-0.1, -0.05) is 0 Å². The summed E-state index contributed by atoms with van der Waals surface area (Å²) in [6.07, 6.45) is 0. The van der Waals surface area contributed by atoms with E-state index < -0.39 is 11.6 Å². The number of rotatable bonds is 4. The molecule has 0 radical (unpaired) electrons. The number of carbonyl (C=O) groups is 1. The monoisotopic (exact) mass is 270 g/mol. The minimum atomic E-state index is -0.622. The van der Waals surface area contributed by atoms with Gasteiger partial charge >= 0.3 is 0 Å². The second-order valence-corrected chi connectivity index (χ2v) is 5.60. The Hall–Kier alpha value is -1.49. The summed E-state index contributed by atoms with van der Waals surface area (Å²) in [6.45, 7) is 7.50. The quantitative estimate of drug-likeness (QED) is 0.882. The molecule has 1 rings (SSSR count).